The molecule has 3 heteroatoms. The van der Waals surface area contributed by atoms with E-state index in [9.17, 15) is 4.79 Å². The van der Waals surface area contributed by atoms with E-state index >= 15 is 0 Å². The van der Waals surface area contributed by atoms with Gasteiger partial charge in [0, 0.05) is 6.54 Å². The smallest absolute Gasteiger partial charge is 0.232 e. The molecule has 0 radical (unpaired) electrons. The SMILES string of the molecule is O=C(NCCCS)C1c2ccccc2C=Cc2ccccc21. The molecule has 1 amide bonds. The first kappa shape index (κ1) is 14.9. The van der Waals surface area contributed by atoms with E-state index in [2.05, 4.69) is 42.2 Å². The molecular formula is C19H19NOS. The molecule has 0 atom stereocenters. The molecule has 0 heterocycles. The quantitative estimate of drug-likeness (QED) is 0.654. The highest BCUT2D eigenvalue weighted by Gasteiger charge is 2.27. The van der Waals surface area contributed by atoms with Crippen molar-refractivity contribution in [1.29, 1.82) is 0 Å². The van der Waals surface area contributed by atoms with Crippen LogP contribution in [-0.2, 0) is 4.79 Å². The number of amides is 1. The van der Waals surface area contributed by atoms with Crippen LogP contribution in [-0.4, -0.2) is 18.2 Å². The van der Waals surface area contributed by atoms with Gasteiger partial charge in [-0.1, -0.05) is 60.7 Å². The van der Waals surface area contributed by atoms with Crippen LogP contribution in [0.4, 0.5) is 0 Å². The van der Waals surface area contributed by atoms with Gasteiger partial charge in [0.2, 0.25) is 5.91 Å². The lowest BCUT2D eigenvalue weighted by atomic mass is 9.87. The molecule has 0 fully saturated rings. The molecule has 1 N–H and O–H groups in total. The summed E-state index contributed by atoms with van der Waals surface area (Å²) in [5.74, 6) is 0.576. The van der Waals surface area contributed by atoms with Crippen molar-refractivity contribution >= 4 is 30.7 Å². The maximum absolute atomic E-state index is 12.8. The number of carbonyl (C=O) groups excluding carboxylic acids is 1. The van der Waals surface area contributed by atoms with E-state index in [1.54, 1.807) is 0 Å². The zero-order valence-electron chi connectivity index (χ0n) is 12.3. The number of rotatable bonds is 4. The molecule has 2 aromatic rings. The molecule has 0 saturated carbocycles. The minimum Gasteiger partial charge on any atom is -0.355 e. The van der Waals surface area contributed by atoms with Gasteiger partial charge in [-0.05, 0) is 34.4 Å². The maximum atomic E-state index is 12.8. The lowest BCUT2D eigenvalue weighted by Crippen LogP contribution is -2.31. The molecule has 0 aromatic heterocycles. The molecule has 3 rings (SSSR count). The van der Waals surface area contributed by atoms with E-state index in [-0.39, 0.29) is 11.8 Å². The minimum atomic E-state index is -0.262. The monoisotopic (exact) mass is 309 g/mol. The zero-order chi connectivity index (χ0) is 15.4. The number of thiol groups is 1. The molecule has 0 unspecified atom stereocenters. The van der Waals surface area contributed by atoms with Crippen LogP contribution in [0.1, 0.15) is 34.6 Å². The number of benzene rings is 2. The molecule has 0 bridgehead atoms. The van der Waals surface area contributed by atoms with Crippen molar-refractivity contribution in [2.24, 2.45) is 0 Å². The van der Waals surface area contributed by atoms with Crippen LogP contribution in [0.15, 0.2) is 48.5 Å². The zero-order valence-corrected chi connectivity index (χ0v) is 13.2. The second kappa shape index (κ2) is 6.84. The summed E-state index contributed by atoms with van der Waals surface area (Å²) in [6.07, 6.45) is 5.06. The largest absolute Gasteiger partial charge is 0.355 e. The van der Waals surface area contributed by atoms with Gasteiger partial charge in [-0.3, -0.25) is 4.79 Å². The molecule has 22 heavy (non-hydrogen) atoms. The molecule has 1 aliphatic carbocycles. The highest BCUT2D eigenvalue weighted by atomic mass is 32.1. The molecular weight excluding hydrogens is 290 g/mol. The third-order valence-electron chi connectivity index (χ3n) is 3.95. The molecule has 0 saturated heterocycles. The summed E-state index contributed by atoms with van der Waals surface area (Å²) in [5, 5.41) is 3.05. The van der Waals surface area contributed by atoms with Gasteiger partial charge in [-0.2, -0.15) is 12.6 Å². The van der Waals surface area contributed by atoms with Crippen LogP contribution >= 0.6 is 12.6 Å². The number of fused-ring (bicyclic) bond motifs is 2. The highest BCUT2D eigenvalue weighted by Crippen LogP contribution is 2.34. The predicted octanol–water partition coefficient (Wildman–Crippen LogP) is 3.74. The maximum Gasteiger partial charge on any atom is 0.232 e. The van der Waals surface area contributed by atoms with Gasteiger partial charge in [0.05, 0.1) is 5.92 Å². The first-order chi connectivity index (χ1) is 10.8. The Labute approximate surface area is 136 Å². The number of hydrogen-bond donors (Lipinski definition) is 2. The molecule has 2 aromatic carbocycles. The van der Waals surface area contributed by atoms with Gasteiger partial charge in [-0.25, -0.2) is 0 Å². The Hall–Kier alpha value is -2.00. The van der Waals surface area contributed by atoms with Gasteiger partial charge in [0.15, 0.2) is 0 Å². The summed E-state index contributed by atoms with van der Waals surface area (Å²) in [6.45, 7) is 0.663. The first-order valence-corrected chi connectivity index (χ1v) is 8.19. The summed E-state index contributed by atoms with van der Waals surface area (Å²) < 4.78 is 0. The van der Waals surface area contributed by atoms with Crippen molar-refractivity contribution in [2.45, 2.75) is 12.3 Å². The van der Waals surface area contributed by atoms with Crippen LogP contribution in [0.2, 0.25) is 0 Å². The molecule has 0 aliphatic heterocycles. The van der Waals surface area contributed by atoms with Crippen LogP contribution in [0.3, 0.4) is 0 Å². The Morgan fingerprint density at radius 3 is 2.05 bits per heavy atom. The third-order valence-corrected chi connectivity index (χ3v) is 4.27. The summed E-state index contributed by atoms with van der Waals surface area (Å²) in [7, 11) is 0. The summed E-state index contributed by atoms with van der Waals surface area (Å²) in [6, 6.07) is 16.2. The fourth-order valence-electron chi connectivity index (χ4n) is 2.87. The lowest BCUT2D eigenvalue weighted by molar-refractivity contribution is -0.121. The van der Waals surface area contributed by atoms with E-state index < -0.39 is 0 Å². The van der Waals surface area contributed by atoms with Gasteiger partial charge < -0.3 is 5.32 Å². The van der Waals surface area contributed by atoms with Gasteiger partial charge >= 0.3 is 0 Å². The average molecular weight is 309 g/mol. The molecule has 1 aliphatic rings. The topological polar surface area (TPSA) is 29.1 Å². The first-order valence-electron chi connectivity index (χ1n) is 7.56. The highest BCUT2D eigenvalue weighted by molar-refractivity contribution is 7.80. The predicted molar refractivity (Wildman–Crippen MR) is 95.1 cm³/mol. The van der Waals surface area contributed by atoms with Crippen LogP contribution in [0, 0.1) is 0 Å². The van der Waals surface area contributed by atoms with Crippen molar-refractivity contribution in [1.82, 2.24) is 5.32 Å². The standard InChI is InChI=1S/C19H19NOS/c21-19(20-12-5-13-22)18-16-8-3-1-6-14(16)10-11-15-7-2-4-9-17(15)18/h1-4,6-11,18,22H,5,12-13H2,(H,20,21). The van der Waals surface area contributed by atoms with Crippen LogP contribution in [0.5, 0.6) is 0 Å². The molecule has 112 valence electrons. The van der Waals surface area contributed by atoms with Crippen LogP contribution < -0.4 is 5.32 Å². The normalized spacial score (nSPS) is 13.1. The van der Waals surface area contributed by atoms with E-state index in [0.717, 1.165) is 34.4 Å². The second-order valence-corrected chi connectivity index (χ2v) is 5.84. The second-order valence-electron chi connectivity index (χ2n) is 5.39. The number of nitrogens with one attached hydrogen (secondary N) is 1. The molecule has 2 nitrogen and oxygen atoms in total. The Kier molecular flexibility index (Phi) is 4.64. The van der Waals surface area contributed by atoms with Crippen molar-refractivity contribution in [3.63, 3.8) is 0 Å². The molecule has 0 spiro atoms. The van der Waals surface area contributed by atoms with Gasteiger partial charge in [-0.15, -0.1) is 0 Å². The van der Waals surface area contributed by atoms with Crippen molar-refractivity contribution in [2.75, 3.05) is 12.3 Å². The van der Waals surface area contributed by atoms with Gasteiger partial charge in [0.1, 0.15) is 0 Å². The number of carbonyl (C=O) groups is 1. The van der Waals surface area contributed by atoms with Crippen molar-refractivity contribution in [3.05, 3.63) is 70.8 Å². The Morgan fingerprint density at radius 1 is 0.955 bits per heavy atom. The van der Waals surface area contributed by atoms with Gasteiger partial charge in [0.25, 0.3) is 0 Å². The van der Waals surface area contributed by atoms with Crippen molar-refractivity contribution < 1.29 is 4.79 Å². The third kappa shape index (κ3) is 2.95. The minimum absolute atomic E-state index is 0.0605. The average Bonchev–Trinajstić information content (AvgIpc) is 2.72. The van der Waals surface area contributed by atoms with Crippen molar-refractivity contribution in [3.8, 4) is 0 Å². The summed E-state index contributed by atoms with van der Waals surface area (Å²) >= 11 is 4.20. The number of hydrogen-bond acceptors (Lipinski definition) is 2. The fraction of sp³-hybridized carbons (Fsp3) is 0.211. The van der Waals surface area contributed by atoms with E-state index in [0.29, 0.717) is 6.54 Å². The van der Waals surface area contributed by atoms with E-state index in [1.165, 1.54) is 0 Å². The Bertz CT molecular complexity index is 659. The fourth-order valence-corrected chi connectivity index (χ4v) is 3.03. The van der Waals surface area contributed by atoms with Crippen LogP contribution in [0.25, 0.3) is 12.2 Å². The van der Waals surface area contributed by atoms with E-state index in [1.807, 2.05) is 36.4 Å². The van der Waals surface area contributed by atoms with E-state index in [4.69, 9.17) is 0 Å². The summed E-state index contributed by atoms with van der Waals surface area (Å²) in [5.41, 5.74) is 4.33. The Morgan fingerprint density at radius 2 is 1.50 bits per heavy atom. The Balaban J connectivity index is 2.03. The lowest BCUT2D eigenvalue weighted by Gasteiger charge is -2.20. The summed E-state index contributed by atoms with van der Waals surface area (Å²) in [4.78, 5) is 12.8.